The Bertz CT molecular complexity index is 455. The van der Waals surface area contributed by atoms with Crippen molar-refractivity contribution < 1.29 is 13.2 Å². The standard InChI is InChI=1S/C8H7F3N4S/c1-15-5(8(9,10)11)13-14-6(15)16-7(4-12)2-3-7/h2-3H2,1H3. The molecule has 1 saturated carbocycles. The van der Waals surface area contributed by atoms with Gasteiger partial charge in [0.1, 0.15) is 4.75 Å². The minimum atomic E-state index is -4.51. The van der Waals surface area contributed by atoms with Crippen LogP contribution in [0.4, 0.5) is 13.2 Å². The third kappa shape index (κ3) is 1.87. The van der Waals surface area contributed by atoms with Crippen LogP contribution < -0.4 is 0 Å². The Labute approximate surface area is 93.5 Å². The summed E-state index contributed by atoms with van der Waals surface area (Å²) in [5.74, 6) is -1.04. The second kappa shape index (κ2) is 3.38. The lowest BCUT2D eigenvalue weighted by Crippen LogP contribution is -2.13. The van der Waals surface area contributed by atoms with Gasteiger partial charge in [0.2, 0.25) is 5.82 Å². The lowest BCUT2D eigenvalue weighted by Gasteiger charge is -2.07. The van der Waals surface area contributed by atoms with Gasteiger partial charge in [0.25, 0.3) is 0 Å². The van der Waals surface area contributed by atoms with Crippen LogP contribution in [0.2, 0.25) is 0 Å². The number of hydrogen-bond acceptors (Lipinski definition) is 4. The molecule has 0 N–H and O–H groups in total. The monoisotopic (exact) mass is 248 g/mol. The van der Waals surface area contributed by atoms with Gasteiger partial charge in [-0.15, -0.1) is 10.2 Å². The van der Waals surface area contributed by atoms with E-state index in [2.05, 4.69) is 16.3 Å². The average molecular weight is 248 g/mol. The number of halogens is 3. The molecule has 1 aliphatic rings. The van der Waals surface area contributed by atoms with Crippen LogP contribution in [0.15, 0.2) is 5.16 Å². The Hall–Kier alpha value is -1.23. The van der Waals surface area contributed by atoms with Crippen molar-refractivity contribution in [1.82, 2.24) is 14.8 Å². The maximum Gasteiger partial charge on any atom is 0.451 e. The second-order valence-corrected chi connectivity index (χ2v) is 4.92. The van der Waals surface area contributed by atoms with Crippen molar-refractivity contribution in [3.8, 4) is 6.07 Å². The minimum absolute atomic E-state index is 0.131. The van der Waals surface area contributed by atoms with Gasteiger partial charge >= 0.3 is 6.18 Å². The Morgan fingerprint density at radius 3 is 2.44 bits per heavy atom. The largest absolute Gasteiger partial charge is 0.451 e. The van der Waals surface area contributed by atoms with Crippen molar-refractivity contribution in [1.29, 1.82) is 5.26 Å². The summed E-state index contributed by atoms with van der Waals surface area (Å²) >= 11 is 1.05. The van der Waals surface area contributed by atoms with Crippen molar-refractivity contribution in [2.75, 3.05) is 0 Å². The normalized spacial score (nSPS) is 18.2. The van der Waals surface area contributed by atoms with Crippen LogP contribution in [0.5, 0.6) is 0 Å². The number of thioether (sulfide) groups is 1. The molecule has 1 heterocycles. The Morgan fingerprint density at radius 1 is 1.44 bits per heavy atom. The molecule has 0 aliphatic heterocycles. The quantitative estimate of drug-likeness (QED) is 0.803. The van der Waals surface area contributed by atoms with E-state index in [1.165, 1.54) is 7.05 Å². The van der Waals surface area contributed by atoms with E-state index in [1.807, 2.05) is 0 Å². The fraction of sp³-hybridized carbons (Fsp3) is 0.625. The molecule has 0 aromatic carbocycles. The fourth-order valence-corrected chi connectivity index (χ4v) is 2.18. The van der Waals surface area contributed by atoms with E-state index in [0.717, 1.165) is 16.3 Å². The van der Waals surface area contributed by atoms with Crippen molar-refractivity contribution >= 4 is 11.8 Å². The lowest BCUT2D eigenvalue weighted by atomic mass is 10.5. The zero-order chi connectivity index (χ0) is 12.0. The SMILES string of the molecule is Cn1c(SC2(C#N)CC2)nnc1C(F)(F)F. The average Bonchev–Trinajstić information content (AvgIpc) is 2.86. The summed E-state index contributed by atoms with van der Waals surface area (Å²) in [4.78, 5) is 0. The molecule has 4 nitrogen and oxygen atoms in total. The van der Waals surface area contributed by atoms with Crippen molar-refractivity contribution in [2.45, 2.75) is 28.9 Å². The molecule has 1 fully saturated rings. The summed E-state index contributed by atoms with van der Waals surface area (Å²) in [6, 6.07) is 2.08. The maximum atomic E-state index is 12.4. The fourth-order valence-electron chi connectivity index (χ4n) is 1.18. The summed E-state index contributed by atoms with van der Waals surface area (Å²) in [6.45, 7) is 0. The van der Waals surface area contributed by atoms with E-state index < -0.39 is 16.7 Å². The highest BCUT2D eigenvalue weighted by molar-refractivity contribution is 8.01. The number of nitrogens with zero attached hydrogens (tertiary/aromatic N) is 4. The molecule has 1 aromatic heterocycles. The van der Waals surface area contributed by atoms with Gasteiger partial charge in [-0.3, -0.25) is 0 Å². The highest BCUT2D eigenvalue weighted by Gasteiger charge is 2.46. The molecule has 16 heavy (non-hydrogen) atoms. The van der Waals surface area contributed by atoms with Crippen LogP contribution >= 0.6 is 11.8 Å². The van der Waals surface area contributed by atoms with Gasteiger partial charge in [-0.1, -0.05) is 11.8 Å². The van der Waals surface area contributed by atoms with E-state index in [9.17, 15) is 13.2 Å². The molecule has 0 atom stereocenters. The first-order valence-electron chi connectivity index (χ1n) is 4.45. The summed E-state index contributed by atoms with van der Waals surface area (Å²) in [7, 11) is 1.25. The first-order valence-corrected chi connectivity index (χ1v) is 5.26. The minimum Gasteiger partial charge on any atom is -0.301 e. The highest BCUT2D eigenvalue weighted by Crippen LogP contribution is 2.50. The van der Waals surface area contributed by atoms with Crippen LogP contribution in [0.3, 0.4) is 0 Å². The summed E-state index contributed by atoms with van der Waals surface area (Å²) in [6.07, 6.45) is -3.14. The molecular formula is C8H7F3N4S. The number of nitriles is 1. The Morgan fingerprint density at radius 2 is 2.06 bits per heavy atom. The number of hydrogen-bond donors (Lipinski definition) is 0. The second-order valence-electron chi connectivity index (χ2n) is 3.57. The summed E-state index contributed by atoms with van der Waals surface area (Å²) < 4.78 is 37.5. The van der Waals surface area contributed by atoms with E-state index in [1.54, 1.807) is 0 Å². The van der Waals surface area contributed by atoms with Crippen molar-refractivity contribution in [3.63, 3.8) is 0 Å². The number of aromatic nitrogens is 3. The molecule has 0 unspecified atom stereocenters. The molecule has 1 aromatic rings. The van der Waals surface area contributed by atoms with Gasteiger partial charge in [0.05, 0.1) is 6.07 Å². The molecular weight excluding hydrogens is 241 g/mol. The van der Waals surface area contributed by atoms with Crippen LogP contribution in [0.1, 0.15) is 18.7 Å². The van der Waals surface area contributed by atoms with Crippen molar-refractivity contribution in [3.05, 3.63) is 5.82 Å². The van der Waals surface area contributed by atoms with Gasteiger partial charge in [0.15, 0.2) is 5.16 Å². The van der Waals surface area contributed by atoms with Gasteiger partial charge in [-0.2, -0.15) is 18.4 Å². The molecule has 1 aliphatic carbocycles. The topological polar surface area (TPSA) is 54.5 Å². The molecule has 0 saturated heterocycles. The first kappa shape index (κ1) is 11.3. The van der Waals surface area contributed by atoms with Crippen LogP contribution in [0.25, 0.3) is 0 Å². The number of rotatable bonds is 2. The third-order valence-corrected chi connectivity index (χ3v) is 3.71. The van der Waals surface area contributed by atoms with Crippen LogP contribution in [0, 0.1) is 11.3 Å². The molecule has 0 radical (unpaired) electrons. The first-order chi connectivity index (χ1) is 7.38. The smallest absolute Gasteiger partial charge is 0.301 e. The van der Waals surface area contributed by atoms with E-state index >= 15 is 0 Å². The van der Waals surface area contributed by atoms with Gasteiger partial charge in [0, 0.05) is 7.05 Å². The van der Waals surface area contributed by atoms with Gasteiger partial charge in [-0.25, -0.2) is 0 Å². The zero-order valence-electron chi connectivity index (χ0n) is 8.25. The van der Waals surface area contributed by atoms with Crippen LogP contribution in [-0.2, 0) is 13.2 Å². The van der Waals surface area contributed by atoms with Gasteiger partial charge in [-0.05, 0) is 12.8 Å². The molecule has 0 amide bonds. The third-order valence-electron chi connectivity index (χ3n) is 2.28. The van der Waals surface area contributed by atoms with Crippen molar-refractivity contribution in [2.24, 2.45) is 7.05 Å². The summed E-state index contributed by atoms with van der Waals surface area (Å²) in [5.41, 5.74) is 0. The summed E-state index contributed by atoms with van der Waals surface area (Å²) in [5, 5.41) is 15.5. The highest BCUT2D eigenvalue weighted by atomic mass is 32.2. The number of alkyl halides is 3. The van der Waals surface area contributed by atoms with Crippen LogP contribution in [-0.4, -0.2) is 19.5 Å². The Balaban J connectivity index is 2.25. The van der Waals surface area contributed by atoms with E-state index in [0.29, 0.717) is 12.8 Å². The zero-order valence-corrected chi connectivity index (χ0v) is 9.06. The molecule has 0 spiro atoms. The Kier molecular flexibility index (Phi) is 2.38. The maximum absolute atomic E-state index is 12.4. The molecule has 0 bridgehead atoms. The van der Waals surface area contributed by atoms with Gasteiger partial charge < -0.3 is 4.57 Å². The predicted octanol–water partition coefficient (Wildman–Crippen LogP) is 1.98. The molecule has 2 rings (SSSR count). The van der Waals surface area contributed by atoms with E-state index in [-0.39, 0.29) is 5.16 Å². The molecule has 8 heteroatoms. The van der Waals surface area contributed by atoms with E-state index in [4.69, 9.17) is 5.26 Å². The molecule has 86 valence electrons. The lowest BCUT2D eigenvalue weighted by molar-refractivity contribution is -0.147. The predicted molar refractivity (Wildman–Crippen MR) is 49.4 cm³/mol.